The van der Waals surface area contributed by atoms with E-state index >= 15 is 0 Å². The zero-order valence-corrected chi connectivity index (χ0v) is 15.0. The molecule has 0 atom stereocenters. The van der Waals surface area contributed by atoms with Gasteiger partial charge in [-0.25, -0.2) is 0 Å². The van der Waals surface area contributed by atoms with Crippen LogP contribution < -0.4 is 10.6 Å². The Hall–Kier alpha value is -2.08. The number of anilines is 1. The van der Waals surface area contributed by atoms with Gasteiger partial charge in [0.05, 0.1) is 16.0 Å². The fourth-order valence-corrected chi connectivity index (χ4v) is 1.96. The van der Waals surface area contributed by atoms with Gasteiger partial charge >= 0.3 is 5.97 Å². The molecule has 0 radical (unpaired) electrons. The predicted octanol–water partition coefficient (Wildman–Crippen LogP) is 3.17. The fraction of sp³-hybridized carbons (Fsp3) is 0.471. The number of benzene rings is 1. The lowest BCUT2D eigenvalue weighted by Crippen LogP contribution is -2.32. The van der Waals surface area contributed by atoms with Gasteiger partial charge in [-0.3, -0.25) is 14.4 Å². The first-order valence-electron chi connectivity index (χ1n) is 7.66. The van der Waals surface area contributed by atoms with Gasteiger partial charge < -0.3 is 15.7 Å². The first kappa shape index (κ1) is 20.0. The average Bonchev–Trinajstić information content (AvgIpc) is 2.48. The number of carbonyl (C=O) groups is 3. The zero-order chi connectivity index (χ0) is 18.5. The Morgan fingerprint density at radius 3 is 2.42 bits per heavy atom. The van der Waals surface area contributed by atoms with Gasteiger partial charge in [0, 0.05) is 18.2 Å². The zero-order valence-electron chi connectivity index (χ0n) is 14.3. The quantitative estimate of drug-likeness (QED) is 0.700. The summed E-state index contributed by atoms with van der Waals surface area (Å²) in [5, 5.41) is 14.7. The van der Waals surface area contributed by atoms with Gasteiger partial charge in [-0.2, -0.15) is 0 Å². The fourth-order valence-electron chi connectivity index (χ4n) is 1.75. The molecular weight excluding hydrogens is 332 g/mol. The van der Waals surface area contributed by atoms with Crippen LogP contribution >= 0.6 is 11.6 Å². The average molecular weight is 355 g/mol. The van der Waals surface area contributed by atoms with E-state index in [-0.39, 0.29) is 35.4 Å². The Morgan fingerprint density at radius 2 is 1.88 bits per heavy atom. The molecule has 24 heavy (non-hydrogen) atoms. The Kier molecular flexibility index (Phi) is 6.78. The van der Waals surface area contributed by atoms with E-state index in [2.05, 4.69) is 10.6 Å². The van der Waals surface area contributed by atoms with Crippen LogP contribution in [0, 0.1) is 11.3 Å². The topological polar surface area (TPSA) is 95.5 Å². The molecular formula is C17H23ClN2O4. The van der Waals surface area contributed by atoms with Crippen LogP contribution in [0.3, 0.4) is 0 Å². The van der Waals surface area contributed by atoms with Gasteiger partial charge in [-0.15, -0.1) is 0 Å². The van der Waals surface area contributed by atoms with E-state index in [1.54, 1.807) is 33.8 Å². The highest BCUT2D eigenvalue weighted by atomic mass is 35.5. The third-order valence-corrected chi connectivity index (χ3v) is 3.95. The molecule has 1 aromatic carbocycles. The van der Waals surface area contributed by atoms with Gasteiger partial charge in [0.2, 0.25) is 5.91 Å². The van der Waals surface area contributed by atoms with Crippen molar-refractivity contribution in [3.05, 3.63) is 28.8 Å². The predicted molar refractivity (Wildman–Crippen MR) is 93.3 cm³/mol. The maximum atomic E-state index is 12.2. The van der Waals surface area contributed by atoms with Crippen LogP contribution in [0.2, 0.25) is 5.02 Å². The summed E-state index contributed by atoms with van der Waals surface area (Å²) in [5.41, 5.74) is -0.218. The molecule has 2 amide bonds. The number of aliphatic carboxylic acids is 1. The second-order valence-corrected chi connectivity index (χ2v) is 6.94. The smallest absolute Gasteiger partial charge is 0.309 e. The van der Waals surface area contributed by atoms with Crippen LogP contribution in [0.25, 0.3) is 0 Å². The maximum Gasteiger partial charge on any atom is 0.309 e. The molecule has 0 saturated carbocycles. The summed E-state index contributed by atoms with van der Waals surface area (Å²) < 4.78 is 0. The molecule has 1 rings (SSSR count). The van der Waals surface area contributed by atoms with Gasteiger partial charge in [0.15, 0.2) is 0 Å². The molecule has 0 aliphatic heterocycles. The summed E-state index contributed by atoms with van der Waals surface area (Å²) in [6, 6.07) is 4.65. The first-order chi connectivity index (χ1) is 11.0. The largest absolute Gasteiger partial charge is 0.481 e. The molecule has 0 unspecified atom stereocenters. The molecule has 1 aromatic rings. The molecule has 0 saturated heterocycles. The Labute approximate surface area is 146 Å². The third kappa shape index (κ3) is 5.53. The highest BCUT2D eigenvalue weighted by Crippen LogP contribution is 2.22. The van der Waals surface area contributed by atoms with Crippen LogP contribution in [-0.2, 0) is 9.59 Å². The normalized spacial score (nSPS) is 11.2. The molecule has 0 spiro atoms. The van der Waals surface area contributed by atoms with Crippen LogP contribution in [0.5, 0.6) is 0 Å². The Balaban J connectivity index is 2.76. The van der Waals surface area contributed by atoms with E-state index in [0.717, 1.165) is 0 Å². The monoisotopic (exact) mass is 354 g/mol. The van der Waals surface area contributed by atoms with Gasteiger partial charge in [0.1, 0.15) is 0 Å². The second kappa shape index (κ2) is 8.15. The summed E-state index contributed by atoms with van der Waals surface area (Å²) in [7, 11) is 0. The van der Waals surface area contributed by atoms with Crippen molar-refractivity contribution in [3.8, 4) is 0 Å². The lowest BCUT2D eigenvalue weighted by Gasteiger charge is -2.19. The summed E-state index contributed by atoms with van der Waals surface area (Å²) in [5.74, 6) is -1.68. The maximum absolute atomic E-state index is 12.2. The van der Waals surface area contributed by atoms with Crippen molar-refractivity contribution in [2.24, 2.45) is 11.3 Å². The van der Waals surface area contributed by atoms with Crippen molar-refractivity contribution in [1.82, 2.24) is 5.32 Å². The summed E-state index contributed by atoms with van der Waals surface area (Å²) >= 11 is 6.04. The SMILES string of the molecule is CC(C)C(=O)Nc1ccc(Cl)c(C(=O)NCCC(C)(C)C(=O)O)c1. The van der Waals surface area contributed by atoms with Gasteiger partial charge in [0.25, 0.3) is 5.91 Å². The number of hydrogen-bond acceptors (Lipinski definition) is 3. The second-order valence-electron chi connectivity index (χ2n) is 6.53. The number of rotatable bonds is 7. The van der Waals surface area contributed by atoms with Gasteiger partial charge in [-0.05, 0) is 38.5 Å². The van der Waals surface area contributed by atoms with Crippen molar-refractivity contribution < 1.29 is 19.5 Å². The molecule has 0 aromatic heterocycles. The third-order valence-electron chi connectivity index (χ3n) is 3.62. The van der Waals surface area contributed by atoms with E-state index in [1.807, 2.05) is 0 Å². The van der Waals surface area contributed by atoms with Crippen molar-refractivity contribution in [2.75, 3.05) is 11.9 Å². The number of nitrogens with one attached hydrogen (secondary N) is 2. The van der Waals surface area contributed by atoms with Crippen LogP contribution in [0.1, 0.15) is 44.5 Å². The van der Waals surface area contributed by atoms with E-state index in [0.29, 0.717) is 5.69 Å². The molecule has 0 fully saturated rings. The van der Waals surface area contributed by atoms with E-state index in [1.165, 1.54) is 12.1 Å². The Bertz CT molecular complexity index is 641. The molecule has 0 aliphatic rings. The van der Waals surface area contributed by atoms with Crippen molar-refractivity contribution in [1.29, 1.82) is 0 Å². The molecule has 0 aliphatic carbocycles. The molecule has 0 heterocycles. The summed E-state index contributed by atoms with van der Waals surface area (Å²) in [4.78, 5) is 35.0. The highest BCUT2D eigenvalue weighted by molar-refractivity contribution is 6.34. The summed E-state index contributed by atoms with van der Waals surface area (Å²) in [6.45, 7) is 6.93. The highest BCUT2D eigenvalue weighted by Gasteiger charge is 2.26. The van der Waals surface area contributed by atoms with Crippen molar-refractivity contribution in [2.45, 2.75) is 34.1 Å². The van der Waals surface area contributed by atoms with E-state index in [4.69, 9.17) is 16.7 Å². The Morgan fingerprint density at radius 1 is 1.25 bits per heavy atom. The minimum absolute atomic E-state index is 0.160. The molecule has 3 N–H and O–H groups in total. The molecule has 0 bridgehead atoms. The number of hydrogen-bond donors (Lipinski definition) is 3. The van der Waals surface area contributed by atoms with Gasteiger partial charge in [-0.1, -0.05) is 25.4 Å². The number of halogens is 1. The lowest BCUT2D eigenvalue weighted by molar-refractivity contribution is -0.147. The number of amides is 2. The minimum atomic E-state index is -0.926. The number of carboxylic acid groups (broad SMARTS) is 1. The van der Waals surface area contributed by atoms with Crippen LogP contribution in [0.4, 0.5) is 5.69 Å². The lowest BCUT2D eigenvalue weighted by atomic mass is 9.90. The van der Waals surface area contributed by atoms with Crippen molar-refractivity contribution in [3.63, 3.8) is 0 Å². The van der Waals surface area contributed by atoms with E-state index < -0.39 is 17.3 Å². The van der Waals surface area contributed by atoms with Crippen LogP contribution in [-0.4, -0.2) is 29.4 Å². The molecule has 7 heteroatoms. The first-order valence-corrected chi connectivity index (χ1v) is 8.04. The van der Waals surface area contributed by atoms with Crippen LogP contribution in [0.15, 0.2) is 18.2 Å². The van der Waals surface area contributed by atoms with E-state index in [9.17, 15) is 14.4 Å². The molecule has 6 nitrogen and oxygen atoms in total. The summed E-state index contributed by atoms with van der Waals surface area (Å²) in [6.07, 6.45) is 0.287. The standard InChI is InChI=1S/C17H23ClN2O4/c1-10(2)14(21)20-11-5-6-13(18)12(9-11)15(22)19-8-7-17(3,4)16(23)24/h5-6,9-10H,7-8H2,1-4H3,(H,19,22)(H,20,21)(H,23,24). The minimum Gasteiger partial charge on any atom is -0.481 e. The number of carbonyl (C=O) groups excluding carboxylic acids is 2. The van der Waals surface area contributed by atoms with Crippen molar-refractivity contribution >= 4 is 35.1 Å². The molecule has 132 valence electrons. The number of carboxylic acids is 1.